The minimum Gasteiger partial charge on any atom is -0.271 e. The van der Waals surface area contributed by atoms with Crippen LogP contribution in [0.3, 0.4) is 0 Å². The lowest BCUT2D eigenvalue weighted by molar-refractivity contribution is 0.699. The van der Waals surface area contributed by atoms with Gasteiger partial charge in [0.15, 0.2) is 5.82 Å². The highest BCUT2D eigenvalue weighted by Crippen LogP contribution is 2.33. The Morgan fingerprint density at radius 1 is 1.09 bits per heavy atom. The predicted molar refractivity (Wildman–Crippen MR) is 91.1 cm³/mol. The summed E-state index contributed by atoms with van der Waals surface area (Å²) in [7, 11) is 0. The zero-order valence-electron chi connectivity index (χ0n) is 12.4. The van der Waals surface area contributed by atoms with E-state index in [9.17, 15) is 4.79 Å². The van der Waals surface area contributed by atoms with Crippen LogP contribution in [0, 0.1) is 0 Å². The molecule has 1 aliphatic carbocycles. The predicted octanol–water partition coefficient (Wildman–Crippen LogP) is 3.18. The molecule has 5 nitrogen and oxygen atoms in total. The SMILES string of the molecule is O=c1c2c3c(sc2nc2nc(-c4ccccc4)[nH]n12)CCCC3. The maximum atomic E-state index is 12.9. The van der Waals surface area contributed by atoms with Crippen molar-refractivity contribution in [3.05, 3.63) is 51.1 Å². The summed E-state index contributed by atoms with van der Waals surface area (Å²) in [5.41, 5.74) is 2.13. The van der Waals surface area contributed by atoms with Crippen LogP contribution in [0.5, 0.6) is 0 Å². The molecule has 0 fully saturated rings. The first-order valence-electron chi connectivity index (χ1n) is 7.80. The van der Waals surface area contributed by atoms with E-state index in [-0.39, 0.29) is 5.56 Å². The van der Waals surface area contributed by atoms with Gasteiger partial charge in [0.25, 0.3) is 11.3 Å². The molecule has 6 heteroatoms. The van der Waals surface area contributed by atoms with Crippen LogP contribution >= 0.6 is 11.3 Å². The number of fused-ring (bicyclic) bond motifs is 4. The van der Waals surface area contributed by atoms with Gasteiger partial charge in [0, 0.05) is 10.4 Å². The molecule has 1 N–H and O–H groups in total. The molecule has 1 aromatic carbocycles. The molecule has 0 aliphatic heterocycles. The molecule has 0 bridgehead atoms. The van der Waals surface area contributed by atoms with Crippen LogP contribution in [0.15, 0.2) is 35.1 Å². The first kappa shape index (κ1) is 13.0. The van der Waals surface area contributed by atoms with Gasteiger partial charge in [0.1, 0.15) is 4.83 Å². The van der Waals surface area contributed by atoms with E-state index in [1.54, 1.807) is 11.3 Å². The van der Waals surface area contributed by atoms with Crippen LogP contribution in [0.2, 0.25) is 0 Å². The number of hydrogen-bond donors (Lipinski definition) is 1. The molecule has 3 aromatic heterocycles. The monoisotopic (exact) mass is 322 g/mol. The van der Waals surface area contributed by atoms with Crippen LogP contribution in [0.4, 0.5) is 0 Å². The Morgan fingerprint density at radius 3 is 2.78 bits per heavy atom. The fourth-order valence-corrected chi connectivity index (χ4v) is 4.57. The molecule has 0 spiro atoms. The number of rotatable bonds is 1. The van der Waals surface area contributed by atoms with Crippen LogP contribution in [0.25, 0.3) is 27.4 Å². The average Bonchev–Trinajstić information content (AvgIpc) is 3.17. The van der Waals surface area contributed by atoms with E-state index in [1.807, 2.05) is 30.3 Å². The number of aryl methyl sites for hydroxylation is 2. The number of aromatic nitrogens is 4. The van der Waals surface area contributed by atoms with Gasteiger partial charge in [-0.15, -0.1) is 11.3 Å². The number of aromatic amines is 1. The van der Waals surface area contributed by atoms with Gasteiger partial charge in [0.2, 0.25) is 0 Å². The fourth-order valence-electron chi connectivity index (χ4n) is 3.33. The van der Waals surface area contributed by atoms with Crippen molar-refractivity contribution < 1.29 is 0 Å². The summed E-state index contributed by atoms with van der Waals surface area (Å²) in [6, 6.07) is 9.79. The highest BCUT2D eigenvalue weighted by molar-refractivity contribution is 7.18. The Kier molecular flexibility index (Phi) is 2.69. The standard InChI is InChI=1S/C17H14N4OS/c22-16-13-11-8-4-5-9-12(11)23-15(13)19-17-18-14(20-21(16)17)10-6-2-1-3-7-10/h1-3,6-7H,4-5,8-9H2,(H,18,19,20). The summed E-state index contributed by atoms with van der Waals surface area (Å²) in [6.07, 6.45) is 4.41. The molecule has 0 saturated carbocycles. The maximum absolute atomic E-state index is 12.9. The average molecular weight is 322 g/mol. The Balaban J connectivity index is 1.81. The van der Waals surface area contributed by atoms with Gasteiger partial charge >= 0.3 is 0 Å². The van der Waals surface area contributed by atoms with Gasteiger partial charge in [-0.3, -0.25) is 9.89 Å². The molecule has 4 aromatic rings. The molecule has 0 unspecified atom stereocenters. The molecule has 5 rings (SSSR count). The molecule has 0 saturated heterocycles. The zero-order chi connectivity index (χ0) is 15.4. The Hall–Kier alpha value is -2.47. The van der Waals surface area contributed by atoms with Crippen molar-refractivity contribution in [1.29, 1.82) is 0 Å². The number of nitrogens with zero attached hydrogens (tertiary/aromatic N) is 3. The Bertz CT molecular complexity index is 1090. The quantitative estimate of drug-likeness (QED) is 0.585. The Labute approximate surface area is 135 Å². The molecular formula is C17H14N4OS. The lowest BCUT2D eigenvalue weighted by atomic mass is 9.97. The number of H-pyrrole nitrogens is 1. The van der Waals surface area contributed by atoms with Crippen molar-refractivity contribution in [2.75, 3.05) is 0 Å². The van der Waals surface area contributed by atoms with Gasteiger partial charge < -0.3 is 0 Å². The third-order valence-corrected chi connectivity index (χ3v) is 5.63. The maximum Gasteiger partial charge on any atom is 0.283 e. The minimum atomic E-state index is -0.0286. The normalized spacial score (nSPS) is 14.4. The van der Waals surface area contributed by atoms with E-state index >= 15 is 0 Å². The second kappa shape index (κ2) is 4.76. The van der Waals surface area contributed by atoms with Gasteiger partial charge in [0.05, 0.1) is 5.39 Å². The molecule has 0 amide bonds. The van der Waals surface area contributed by atoms with Gasteiger partial charge in [-0.1, -0.05) is 30.3 Å². The molecule has 23 heavy (non-hydrogen) atoms. The van der Waals surface area contributed by atoms with Crippen LogP contribution in [0.1, 0.15) is 23.3 Å². The molecular weight excluding hydrogens is 308 g/mol. The summed E-state index contributed by atoms with van der Waals surface area (Å²) < 4.78 is 1.48. The summed E-state index contributed by atoms with van der Waals surface area (Å²) in [6.45, 7) is 0. The Morgan fingerprint density at radius 2 is 1.91 bits per heavy atom. The number of hydrogen-bond acceptors (Lipinski definition) is 4. The van der Waals surface area contributed by atoms with Crippen molar-refractivity contribution >= 4 is 27.3 Å². The van der Waals surface area contributed by atoms with Crippen molar-refractivity contribution in [3.8, 4) is 11.4 Å². The topological polar surface area (TPSA) is 63.0 Å². The number of benzene rings is 1. The summed E-state index contributed by atoms with van der Waals surface area (Å²) in [5.74, 6) is 1.11. The van der Waals surface area contributed by atoms with Gasteiger partial charge in [-0.2, -0.15) is 14.5 Å². The van der Waals surface area contributed by atoms with Crippen LogP contribution in [-0.2, 0) is 12.8 Å². The highest BCUT2D eigenvalue weighted by atomic mass is 32.1. The summed E-state index contributed by atoms with van der Waals surface area (Å²) >= 11 is 1.66. The summed E-state index contributed by atoms with van der Waals surface area (Å²) in [5, 5.41) is 3.89. The fraction of sp³-hybridized carbons (Fsp3) is 0.235. The van der Waals surface area contributed by atoms with Crippen molar-refractivity contribution in [2.45, 2.75) is 25.7 Å². The number of nitrogens with one attached hydrogen (secondary N) is 1. The van der Waals surface area contributed by atoms with E-state index in [4.69, 9.17) is 0 Å². The van der Waals surface area contributed by atoms with Crippen LogP contribution in [-0.4, -0.2) is 19.6 Å². The largest absolute Gasteiger partial charge is 0.283 e. The molecule has 1 aliphatic rings. The minimum absolute atomic E-state index is 0.0286. The molecule has 3 heterocycles. The molecule has 114 valence electrons. The van der Waals surface area contributed by atoms with Crippen molar-refractivity contribution in [3.63, 3.8) is 0 Å². The third kappa shape index (κ3) is 1.88. The van der Waals surface area contributed by atoms with Gasteiger partial charge in [-0.25, -0.2) is 0 Å². The summed E-state index contributed by atoms with van der Waals surface area (Å²) in [4.78, 5) is 24.2. The van der Waals surface area contributed by atoms with E-state index in [0.29, 0.717) is 11.6 Å². The van der Waals surface area contributed by atoms with Gasteiger partial charge in [-0.05, 0) is 31.2 Å². The smallest absolute Gasteiger partial charge is 0.271 e. The first-order valence-corrected chi connectivity index (χ1v) is 8.61. The zero-order valence-corrected chi connectivity index (χ0v) is 13.2. The first-order chi connectivity index (χ1) is 11.3. The third-order valence-electron chi connectivity index (χ3n) is 4.45. The van der Waals surface area contributed by atoms with E-state index in [0.717, 1.165) is 35.0 Å². The highest BCUT2D eigenvalue weighted by Gasteiger charge is 2.21. The van der Waals surface area contributed by atoms with E-state index < -0.39 is 0 Å². The number of thiophene rings is 1. The second-order valence-electron chi connectivity index (χ2n) is 5.88. The lowest BCUT2D eigenvalue weighted by Gasteiger charge is -2.09. The second-order valence-corrected chi connectivity index (χ2v) is 6.97. The van der Waals surface area contributed by atoms with E-state index in [1.165, 1.54) is 21.4 Å². The molecule has 0 radical (unpaired) electrons. The lowest BCUT2D eigenvalue weighted by Crippen LogP contribution is -2.16. The van der Waals surface area contributed by atoms with Crippen molar-refractivity contribution in [1.82, 2.24) is 19.6 Å². The van der Waals surface area contributed by atoms with Crippen molar-refractivity contribution in [2.24, 2.45) is 0 Å². The molecule has 0 atom stereocenters. The van der Waals surface area contributed by atoms with Crippen LogP contribution < -0.4 is 5.56 Å². The van der Waals surface area contributed by atoms with E-state index in [2.05, 4.69) is 15.1 Å².